The van der Waals surface area contributed by atoms with Crippen molar-refractivity contribution in [3.63, 3.8) is 0 Å². The lowest BCUT2D eigenvalue weighted by Gasteiger charge is -1.98. The lowest BCUT2D eigenvalue weighted by molar-refractivity contribution is 0.288. The van der Waals surface area contributed by atoms with Gasteiger partial charge in [0.05, 0.1) is 0 Å². The standard InChI is InChI=1S/C10H12FO/c11-10-6-4-9(5-7-10)3-1-2-8-12/h3-7,12H,1-2,8H2. The van der Waals surface area contributed by atoms with Crippen LogP contribution in [0.2, 0.25) is 0 Å². The van der Waals surface area contributed by atoms with E-state index in [-0.39, 0.29) is 12.4 Å². The first-order chi connectivity index (χ1) is 5.83. The molecule has 1 aromatic rings. The van der Waals surface area contributed by atoms with Crippen molar-refractivity contribution in [2.75, 3.05) is 6.61 Å². The summed E-state index contributed by atoms with van der Waals surface area (Å²) in [5, 5.41) is 8.51. The van der Waals surface area contributed by atoms with Crippen LogP contribution in [0, 0.1) is 12.2 Å². The number of hydrogen-bond donors (Lipinski definition) is 1. The lowest BCUT2D eigenvalue weighted by Crippen LogP contribution is -1.86. The Morgan fingerprint density at radius 3 is 2.50 bits per heavy atom. The predicted octanol–water partition coefficient (Wildman–Crippen LogP) is 2.15. The topological polar surface area (TPSA) is 20.2 Å². The van der Waals surface area contributed by atoms with Crippen LogP contribution in [0.3, 0.4) is 0 Å². The monoisotopic (exact) mass is 167 g/mol. The third kappa shape index (κ3) is 3.01. The van der Waals surface area contributed by atoms with Crippen molar-refractivity contribution in [3.05, 3.63) is 42.1 Å². The van der Waals surface area contributed by atoms with Crippen LogP contribution in [0.4, 0.5) is 4.39 Å². The zero-order chi connectivity index (χ0) is 8.81. The van der Waals surface area contributed by atoms with Crippen molar-refractivity contribution >= 4 is 0 Å². The fourth-order valence-electron chi connectivity index (χ4n) is 0.959. The van der Waals surface area contributed by atoms with Crippen LogP contribution in [0.25, 0.3) is 0 Å². The first-order valence-electron chi connectivity index (χ1n) is 4.02. The third-order valence-corrected chi connectivity index (χ3v) is 1.61. The Balaban J connectivity index is 2.37. The molecule has 0 fully saturated rings. The smallest absolute Gasteiger partial charge is 0.123 e. The molecule has 0 unspecified atom stereocenters. The van der Waals surface area contributed by atoms with E-state index in [2.05, 4.69) is 0 Å². The van der Waals surface area contributed by atoms with Gasteiger partial charge in [0, 0.05) is 6.61 Å². The van der Waals surface area contributed by atoms with Gasteiger partial charge in [0.2, 0.25) is 0 Å². The average molecular weight is 167 g/mol. The van der Waals surface area contributed by atoms with Crippen LogP contribution in [-0.2, 0) is 0 Å². The van der Waals surface area contributed by atoms with Crippen molar-refractivity contribution < 1.29 is 9.50 Å². The fraction of sp³-hybridized carbons (Fsp3) is 0.300. The fourth-order valence-corrected chi connectivity index (χ4v) is 0.959. The molecule has 1 rings (SSSR count). The van der Waals surface area contributed by atoms with Crippen LogP contribution in [-0.4, -0.2) is 11.7 Å². The van der Waals surface area contributed by atoms with E-state index in [9.17, 15) is 4.39 Å². The first kappa shape index (κ1) is 9.20. The molecule has 1 aromatic carbocycles. The summed E-state index contributed by atoms with van der Waals surface area (Å²) in [5.74, 6) is -0.214. The normalized spacial score (nSPS) is 10.2. The quantitative estimate of drug-likeness (QED) is 0.681. The summed E-state index contributed by atoms with van der Waals surface area (Å²) < 4.78 is 12.4. The largest absolute Gasteiger partial charge is 0.396 e. The second kappa shape index (κ2) is 4.88. The molecule has 1 nitrogen and oxygen atoms in total. The highest BCUT2D eigenvalue weighted by Gasteiger charge is 1.93. The van der Waals surface area contributed by atoms with E-state index in [1.165, 1.54) is 12.1 Å². The lowest BCUT2D eigenvalue weighted by atomic mass is 10.1. The van der Waals surface area contributed by atoms with Crippen molar-refractivity contribution in [2.24, 2.45) is 0 Å². The summed E-state index contributed by atoms with van der Waals surface area (Å²) in [4.78, 5) is 0. The number of hydrogen-bond acceptors (Lipinski definition) is 1. The van der Waals surface area contributed by atoms with E-state index < -0.39 is 0 Å². The van der Waals surface area contributed by atoms with E-state index in [1.54, 1.807) is 12.1 Å². The highest BCUT2D eigenvalue weighted by Crippen LogP contribution is 2.08. The molecule has 1 N–H and O–H groups in total. The zero-order valence-electron chi connectivity index (χ0n) is 6.83. The molecular weight excluding hydrogens is 155 g/mol. The van der Waals surface area contributed by atoms with Gasteiger partial charge >= 0.3 is 0 Å². The molecule has 0 aromatic heterocycles. The van der Waals surface area contributed by atoms with Gasteiger partial charge in [-0.2, -0.15) is 0 Å². The SMILES string of the molecule is OCCC[CH]c1ccc(F)cc1. The predicted molar refractivity (Wildman–Crippen MR) is 46.1 cm³/mol. The highest BCUT2D eigenvalue weighted by atomic mass is 19.1. The van der Waals surface area contributed by atoms with E-state index >= 15 is 0 Å². The summed E-state index contributed by atoms with van der Waals surface area (Å²) >= 11 is 0. The summed E-state index contributed by atoms with van der Waals surface area (Å²) in [5.41, 5.74) is 1.00. The third-order valence-electron chi connectivity index (χ3n) is 1.61. The van der Waals surface area contributed by atoms with Crippen molar-refractivity contribution in [2.45, 2.75) is 12.8 Å². The van der Waals surface area contributed by atoms with Crippen LogP contribution >= 0.6 is 0 Å². The second-order valence-electron chi connectivity index (χ2n) is 2.62. The van der Waals surface area contributed by atoms with E-state index in [4.69, 9.17) is 5.11 Å². The van der Waals surface area contributed by atoms with Gasteiger partial charge in [0.15, 0.2) is 0 Å². The van der Waals surface area contributed by atoms with E-state index in [0.717, 1.165) is 18.4 Å². The number of benzene rings is 1. The molecule has 0 bridgehead atoms. The summed E-state index contributed by atoms with van der Waals surface area (Å²) in [6, 6.07) is 6.33. The molecular formula is C10H12FO. The summed E-state index contributed by atoms with van der Waals surface area (Å²) in [6.45, 7) is 0.206. The first-order valence-corrected chi connectivity index (χ1v) is 4.02. The highest BCUT2D eigenvalue weighted by molar-refractivity contribution is 5.22. The maximum Gasteiger partial charge on any atom is 0.123 e. The second-order valence-corrected chi connectivity index (χ2v) is 2.62. The number of aliphatic hydroxyl groups excluding tert-OH is 1. The van der Waals surface area contributed by atoms with Crippen molar-refractivity contribution in [3.8, 4) is 0 Å². The number of rotatable bonds is 4. The minimum absolute atomic E-state index is 0.206. The Labute approximate surface area is 71.9 Å². The Bertz CT molecular complexity index is 218. The molecule has 0 spiro atoms. The number of unbranched alkanes of at least 4 members (excludes halogenated alkanes) is 1. The number of halogens is 1. The molecule has 0 atom stereocenters. The molecule has 0 saturated heterocycles. The average Bonchev–Trinajstić information content (AvgIpc) is 2.09. The van der Waals surface area contributed by atoms with Gasteiger partial charge in [-0.1, -0.05) is 12.1 Å². The molecule has 2 heteroatoms. The van der Waals surface area contributed by atoms with E-state index in [1.807, 2.05) is 6.42 Å². The van der Waals surface area contributed by atoms with Gasteiger partial charge in [-0.05, 0) is 37.0 Å². The van der Waals surface area contributed by atoms with Crippen molar-refractivity contribution in [1.82, 2.24) is 0 Å². The summed E-state index contributed by atoms with van der Waals surface area (Å²) in [7, 11) is 0. The molecule has 0 aliphatic heterocycles. The van der Waals surface area contributed by atoms with Crippen molar-refractivity contribution in [1.29, 1.82) is 0 Å². The zero-order valence-corrected chi connectivity index (χ0v) is 6.83. The molecule has 1 radical (unpaired) electrons. The maximum atomic E-state index is 12.4. The van der Waals surface area contributed by atoms with Crippen LogP contribution in [0.1, 0.15) is 18.4 Å². The van der Waals surface area contributed by atoms with Gasteiger partial charge in [-0.15, -0.1) is 0 Å². The molecule has 12 heavy (non-hydrogen) atoms. The van der Waals surface area contributed by atoms with Gasteiger partial charge in [0.1, 0.15) is 5.82 Å². The molecule has 0 aliphatic rings. The molecule has 65 valence electrons. The molecule has 0 amide bonds. The Kier molecular flexibility index (Phi) is 3.74. The van der Waals surface area contributed by atoms with E-state index in [0.29, 0.717) is 0 Å². The molecule has 0 heterocycles. The van der Waals surface area contributed by atoms with Gasteiger partial charge in [0.25, 0.3) is 0 Å². The molecule has 0 saturated carbocycles. The summed E-state index contributed by atoms with van der Waals surface area (Å²) in [6.07, 6.45) is 3.58. The minimum atomic E-state index is -0.214. The number of aliphatic hydroxyl groups is 1. The Hall–Kier alpha value is -0.890. The Morgan fingerprint density at radius 2 is 1.92 bits per heavy atom. The maximum absolute atomic E-state index is 12.4. The molecule has 0 aliphatic carbocycles. The van der Waals surface area contributed by atoms with Gasteiger partial charge in [-0.25, -0.2) is 4.39 Å². The minimum Gasteiger partial charge on any atom is -0.396 e. The van der Waals surface area contributed by atoms with Crippen LogP contribution in [0.5, 0.6) is 0 Å². The van der Waals surface area contributed by atoms with Crippen LogP contribution in [0.15, 0.2) is 24.3 Å². The van der Waals surface area contributed by atoms with Gasteiger partial charge in [-0.3, -0.25) is 0 Å². The van der Waals surface area contributed by atoms with Crippen LogP contribution < -0.4 is 0 Å². The Morgan fingerprint density at radius 1 is 1.25 bits per heavy atom. The van der Waals surface area contributed by atoms with Gasteiger partial charge < -0.3 is 5.11 Å².